The van der Waals surface area contributed by atoms with Crippen molar-refractivity contribution in [1.29, 1.82) is 0 Å². The topological polar surface area (TPSA) is 44.5 Å². The molecule has 0 amide bonds. The summed E-state index contributed by atoms with van der Waals surface area (Å²) in [5.74, 6) is 1.62. The lowest BCUT2D eigenvalue weighted by Crippen LogP contribution is -2.03. The Morgan fingerprint density at radius 3 is 2.50 bits per heavy atom. The molecule has 0 bridgehead atoms. The molecule has 4 nitrogen and oxygen atoms in total. The van der Waals surface area contributed by atoms with Crippen LogP contribution in [0.1, 0.15) is 41.1 Å². The van der Waals surface area contributed by atoms with Crippen LogP contribution in [-0.4, -0.2) is 16.5 Å². The standard InChI is InChI=1S/C24H23F3INO3/c1-30-22-14-18(4-2-3-13-28)7-11-21(22)31-15-20-16-32-23(29-20)12-8-17-5-9-19(10-6-17)24(25,26)27/h5-12,14,16H,2-4,13,15H2,1H3/b12-8+. The van der Waals surface area contributed by atoms with E-state index < -0.39 is 11.7 Å². The molecular weight excluding hydrogens is 534 g/mol. The molecule has 1 aromatic heterocycles. The number of halogens is 4. The maximum atomic E-state index is 12.6. The van der Waals surface area contributed by atoms with Crippen LogP contribution < -0.4 is 9.47 Å². The van der Waals surface area contributed by atoms with Gasteiger partial charge in [0.15, 0.2) is 11.5 Å². The second-order valence-corrected chi connectivity index (χ2v) is 8.13. The van der Waals surface area contributed by atoms with Crippen LogP contribution in [0.15, 0.2) is 53.1 Å². The maximum Gasteiger partial charge on any atom is 0.416 e. The van der Waals surface area contributed by atoms with Crippen molar-refractivity contribution < 1.29 is 27.1 Å². The number of oxazole rings is 1. The summed E-state index contributed by atoms with van der Waals surface area (Å²) in [6, 6.07) is 10.8. The van der Waals surface area contributed by atoms with Gasteiger partial charge in [0, 0.05) is 6.08 Å². The first kappa shape index (κ1) is 24.2. The van der Waals surface area contributed by atoms with Crippen molar-refractivity contribution in [3.8, 4) is 11.5 Å². The summed E-state index contributed by atoms with van der Waals surface area (Å²) in [6.07, 6.45) is 3.68. The smallest absolute Gasteiger partial charge is 0.416 e. The van der Waals surface area contributed by atoms with Crippen LogP contribution in [0.25, 0.3) is 12.2 Å². The van der Waals surface area contributed by atoms with Gasteiger partial charge in [-0.15, -0.1) is 0 Å². The van der Waals surface area contributed by atoms with Crippen LogP contribution >= 0.6 is 22.6 Å². The number of hydrogen-bond acceptors (Lipinski definition) is 4. The third-order valence-corrected chi connectivity index (χ3v) is 5.44. The van der Waals surface area contributed by atoms with Crippen molar-refractivity contribution in [3.05, 3.63) is 77.0 Å². The molecule has 0 spiro atoms. The molecule has 2 aromatic carbocycles. The van der Waals surface area contributed by atoms with E-state index in [9.17, 15) is 13.2 Å². The highest BCUT2D eigenvalue weighted by Crippen LogP contribution is 2.30. The monoisotopic (exact) mass is 557 g/mol. The SMILES string of the molecule is COc1cc(CCCCI)ccc1OCc1coc(/C=C/c2ccc(C(F)(F)F)cc2)n1. The molecule has 0 aliphatic heterocycles. The van der Waals surface area contributed by atoms with E-state index in [4.69, 9.17) is 13.9 Å². The van der Waals surface area contributed by atoms with Gasteiger partial charge in [0.05, 0.1) is 12.7 Å². The fourth-order valence-electron chi connectivity index (χ4n) is 2.98. The molecule has 0 saturated carbocycles. The third-order valence-electron chi connectivity index (χ3n) is 4.68. The Kier molecular flexibility index (Phi) is 8.60. The van der Waals surface area contributed by atoms with Gasteiger partial charge in [-0.1, -0.05) is 40.8 Å². The lowest BCUT2D eigenvalue weighted by atomic mass is 10.1. The van der Waals surface area contributed by atoms with Crippen LogP contribution in [-0.2, 0) is 19.2 Å². The molecular formula is C24H23F3INO3. The number of rotatable bonds is 10. The first-order chi connectivity index (χ1) is 15.4. The Balaban J connectivity index is 1.57. The summed E-state index contributed by atoms with van der Waals surface area (Å²) in [7, 11) is 1.61. The van der Waals surface area contributed by atoms with E-state index in [0.29, 0.717) is 28.6 Å². The average molecular weight is 557 g/mol. The number of hydrogen-bond donors (Lipinski definition) is 0. The van der Waals surface area contributed by atoms with E-state index >= 15 is 0 Å². The minimum atomic E-state index is -4.35. The maximum absolute atomic E-state index is 12.6. The Bertz CT molecular complexity index is 1030. The van der Waals surface area contributed by atoms with Gasteiger partial charge in [0.1, 0.15) is 18.6 Å². The number of nitrogens with zero attached hydrogens (tertiary/aromatic N) is 1. The molecule has 0 aliphatic carbocycles. The van der Waals surface area contributed by atoms with Gasteiger partial charge < -0.3 is 13.9 Å². The van der Waals surface area contributed by atoms with Crippen molar-refractivity contribution in [1.82, 2.24) is 4.98 Å². The van der Waals surface area contributed by atoms with Gasteiger partial charge in [-0.05, 0) is 65.2 Å². The molecule has 3 rings (SSSR count). The molecule has 0 fully saturated rings. The van der Waals surface area contributed by atoms with Crippen molar-refractivity contribution in [2.75, 3.05) is 11.5 Å². The molecule has 0 unspecified atom stereocenters. The zero-order chi connectivity index (χ0) is 23.0. The van der Waals surface area contributed by atoms with Crippen LogP contribution in [0.3, 0.4) is 0 Å². The highest BCUT2D eigenvalue weighted by atomic mass is 127. The lowest BCUT2D eigenvalue weighted by molar-refractivity contribution is -0.137. The molecule has 0 N–H and O–H groups in total. The van der Waals surface area contributed by atoms with E-state index in [2.05, 4.69) is 27.6 Å². The van der Waals surface area contributed by atoms with Crippen molar-refractivity contribution in [2.45, 2.75) is 32.0 Å². The highest BCUT2D eigenvalue weighted by Gasteiger charge is 2.29. The van der Waals surface area contributed by atoms with Crippen molar-refractivity contribution in [3.63, 3.8) is 0 Å². The summed E-state index contributed by atoms with van der Waals surface area (Å²) in [6.45, 7) is 0.197. The number of unbranched alkanes of at least 4 members (excludes halogenated alkanes) is 1. The molecule has 170 valence electrons. The molecule has 0 saturated heterocycles. The average Bonchev–Trinajstić information content (AvgIpc) is 3.24. The van der Waals surface area contributed by atoms with Crippen LogP contribution in [0.2, 0.25) is 0 Å². The first-order valence-corrected chi connectivity index (χ1v) is 11.6. The molecule has 0 aliphatic rings. The van der Waals surface area contributed by atoms with Gasteiger partial charge >= 0.3 is 6.18 Å². The second kappa shape index (κ2) is 11.4. The van der Waals surface area contributed by atoms with Gasteiger partial charge in [-0.3, -0.25) is 0 Å². The number of aromatic nitrogens is 1. The normalized spacial score (nSPS) is 11.8. The van der Waals surface area contributed by atoms with E-state index in [1.54, 1.807) is 19.3 Å². The predicted molar refractivity (Wildman–Crippen MR) is 126 cm³/mol. The van der Waals surface area contributed by atoms with Crippen molar-refractivity contribution in [2.24, 2.45) is 0 Å². The minimum absolute atomic E-state index is 0.197. The molecule has 8 heteroatoms. The fourth-order valence-corrected chi connectivity index (χ4v) is 3.52. The summed E-state index contributed by atoms with van der Waals surface area (Å²) < 4.78 is 55.7. The molecule has 3 aromatic rings. The summed E-state index contributed by atoms with van der Waals surface area (Å²) >= 11 is 2.38. The molecule has 32 heavy (non-hydrogen) atoms. The molecule has 0 radical (unpaired) electrons. The minimum Gasteiger partial charge on any atom is -0.493 e. The Morgan fingerprint density at radius 2 is 1.81 bits per heavy atom. The highest BCUT2D eigenvalue weighted by molar-refractivity contribution is 14.1. The summed E-state index contributed by atoms with van der Waals surface area (Å²) in [5, 5.41) is 0. The number of alkyl halides is 4. The molecule has 0 atom stereocenters. The van der Waals surface area contributed by atoms with E-state index in [0.717, 1.165) is 29.4 Å². The van der Waals surface area contributed by atoms with Gasteiger partial charge in [0.25, 0.3) is 0 Å². The largest absolute Gasteiger partial charge is 0.493 e. The number of methoxy groups -OCH3 is 1. The predicted octanol–water partition coefficient (Wildman–Crippen LogP) is 7.21. The zero-order valence-corrected chi connectivity index (χ0v) is 19.7. The lowest BCUT2D eigenvalue weighted by Gasteiger charge is -2.11. The Hall–Kier alpha value is -2.49. The van der Waals surface area contributed by atoms with Crippen LogP contribution in [0.5, 0.6) is 11.5 Å². The molecule has 1 heterocycles. The van der Waals surface area contributed by atoms with E-state index in [-0.39, 0.29) is 6.61 Å². The first-order valence-electron chi connectivity index (χ1n) is 10.0. The third kappa shape index (κ3) is 7.01. The van der Waals surface area contributed by atoms with Gasteiger partial charge in [-0.2, -0.15) is 13.2 Å². The van der Waals surface area contributed by atoms with Crippen LogP contribution in [0.4, 0.5) is 13.2 Å². The second-order valence-electron chi connectivity index (χ2n) is 7.05. The van der Waals surface area contributed by atoms with Crippen molar-refractivity contribution >= 4 is 34.7 Å². The van der Waals surface area contributed by atoms with Crippen LogP contribution in [0, 0.1) is 0 Å². The zero-order valence-electron chi connectivity index (χ0n) is 17.5. The summed E-state index contributed by atoms with van der Waals surface area (Å²) in [5.41, 5.74) is 1.72. The fraction of sp³-hybridized carbons (Fsp3) is 0.292. The number of benzene rings is 2. The number of ether oxygens (including phenoxy) is 2. The van der Waals surface area contributed by atoms with Gasteiger partial charge in [-0.25, -0.2) is 4.98 Å². The quantitative estimate of drug-likeness (QED) is 0.150. The summed E-state index contributed by atoms with van der Waals surface area (Å²) in [4.78, 5) is 4.32. The van der Waals surface area contributed by atoms with E-state index in [1.807, 2.05) is 18.2 Å². The Morgan fingerprint density at radius 1 is 1.03 bits per heavy atom. The van der Waals surface area contributed by atoms with Gasteiger partial charge in [0.2, 0.25) is 5.89 Å². The Labute approximate surface area is 198 Å². The number of aryl methyl sites for hydroxylation is 1. The van der Waals surface area contributed by atoms with E-state index in [1.165, 1.54) is 30.4 Å².